The van der Waals surface area contributed by atoms with Crippen molar-refractivity contribution in [2.75, 3.05) is 14.2 Å². The summed E-state index contributed by atoms with van der Waals surface area (Å²) in [4.78, 5) is 0. The van der Waals surface area contributed by atoms with E-state index in [1.54, 1.807) is 14.2 Å². The monoisotopic (exact) mass is 338 g/mol. The van der Waals surface area contributed by atoms with Gasteiger partial charge in [0.25, 0.3) is 0 Å². The fraction of sp³-hybridized carbons (Fsp3) is 0.0833. The van der Waals surface area contributed by atoms with Crippen LogP contribution in [0.4, 0.5) is 0 Å². The summed E-state index contributed by atoms with van der Waals surface area (Å²) >= 11 is 0. The SMILES string of the molecule is COc1cc2cccc(OC)c2c2c1ccc1ccc3ccccc3c12. The summed E-state index contributed by atoms with van der Waals surface area (Å²) in [6.45, 7) is 0. The second kappa shape index (κ2) is 5.63. The van der Waals surface area contributed by atoms with E-state index >= 15 is 0 Å². The lowest BCUT2D eigenvalue weighted by Gasteiger charge is -2.15. The van der Waals surface area contributed by atoms with E-state index in [0.29, 0.717) is 0 Å². The maximum absolute atomic E-state index is 5.73. The molecular formula is C24H18O2. The lowest BCUT2D eigenvalue weighted by molar-refractivity contribution is 0.418. The van der Waals surface area contributed by atoms with Gasteiger partial charge in [0, 0.05) is 16.2 Å². The Morgan fingerprint density at radius 2 is 1.23 bits per heavy atom. The molecule has 0 saturated heterocycles. The average Bonchev–Trinajstić information content (AvgIpc) is 2.71. The minimum atomic E-state index is 0.885. The van der Waals surface area contributed by atoms with Gasteiger partial charge in [0.2, 0.25) is 0 Å². The molecule has 0 bridgehead atoms. The Morgan fingerprint density at radius 1 is 0.500 bits per heavy atom. The van der Waals surface area contributed by atoms with Crippen LogP contribution in [0.1, 0.15) is 0 Å². The van der Waals surface area contributed by atoms with Gasteiger partial charge in [0.05, 0.1) is 14.2 Å². The summed E-state index contributed by atoms with van der Waals surface area (Å²) in [6, 6.07) is 25.5. The zero-order chi connectivity index (χ0) is 17.7. The summed E-state index contributed by atoms with van der Waals surface area (Å²) in [7, 11) is 3.46. The summed E-state index contributed by atoms with van der Waals surface area (Å²) in [6.07, 6.45) is 0. The molecule has 5 rings (SSSR count). The summed E-state index contributed by atoms with van der Waals surface area (Å²) in [5, 5.41) is 9.49. The Bertz CT molecular complexity index is 1300. The average molecular weight is 338 g/mol. The third-order valence-corrected chi connectivity index (χ3v) is 5.21. The molecule has 26 heavy (non-hydrogen) atoms. The summed E-state index contributed by atoms with van der Waals surface area (Å²) in [5.74, 6) is 1.77. The molecule has 0 heterocycles. The highest BCUT2D eigenvalue weighted by Crippen LogP contribution is 2.43. The molecule has 2 heteroatoms. The van der Waals surface area contributed by atoms with Gasteiger partial charge >= 0.3 is 0 Å². The Morgan fingerprint density at radius 3 is 2.08 bits per heavy atom. The van der Waals surface area contributed by atoms with Crippen LogP contribution in [0.5, 0.6) is 11.5 Å². The predicted octanol–water partition coefficient (Wildman–Crippen LogP) is 6.32. The third-order valence-electron chi connectivity index (χ3n) is 5.21. The number of hydrogen-bond donors (Lipinski definition) is 0. The molecule has 5 aromatic rings. The standard InChI is InChI=1S/C24H18O2/c1-25-20-9-5-7-17-14-21(26-2)19-13-12-16-11-10-15-6-3-4-8-18(15)22(16)24(19)23(17)20/h3-14H,1-2H3. The maximum atomic E-state index is 5.73. The van der Waals surface area contributed by atoms with E-state index in [1.165, 1.54) is 26.9 Å². The highest BCUT2D eigenvalue weighted by atomic mass is 16.5. The van der Waals surface area contributed by atoms with Crippen molar-refractivity contribution in [2.45, 2.75) is 0 Å². The molecule has 126 valence electrons. The Kier molecular flexibility index (Phi) is 3.26. The molecule has 2 nitrogen and oxygen atoms in total. The van der Waals surface area contributed by atoms with Crippen LogP contribution in [0.2, 0.25) is 0 Å². The maximum Gasteiger partial charge on any atom is 0.127 e. The van der Waals surface area contributed by atoms with E-state index in [9.17, 15) is 0 Å². The first-order valence-corrected chi connectivity index (χ1v) is 8.69. The number of methoxy groups -OCH3 is 2. The van der Waals surface area contributed by atoms with Crippen molar-refractivity contribution >= 4 is 43.1 Å². The highest BCUT2D eigenvalue weighted by molar-refractivity contribution is 6.29. The molecule has 0 radical (unpaired) electrons. The van der Waals surface area contributed by atoms with Gasteiger partial charge in [-0.05, 0) is 45.1 Å². The normalized spacial score (nSPS) is 11.5. The number of benzene rings is 5. The summed E-state index contributed by atoms with van der Waals surface area (Å²) in [5.41, 5.74) is 0. The minimum Gasteiger partial charge on any atom is -0.496 e. The molecule has 0 aromatic heterocycles. The first-order chi connectivity index (χ1) is 12.8. The van der Waals surface area contributed by atoms with Gasteiger partial charge in [-0.15, -0.1) is 0 Å². The van der Waals surface area contributed by atoms with Gasteiger partial charge in [-0.1, -0.05) is 54.6 Å². The van der Waals surface area contributed by atoms with Crippen molar-refractivity contribution in [1.29, 1.82) is 0 Å². The Labute approximate surface area is 151 Å². The fourth-order valence-corrected chi connectivity index (χ4v) is 4.06. The lowest BCUT2D eigenvalue weighted by Crippen LogP contribution is -1.91. The molecule has 0 atom stereocenters. The van der Waals surface area contributed by atoms with Crippen LogP contribution >= 0.6 is 0 Å². The number of hydrogen-bond acceptors (Lipinski definition) is 2. The first-order valence-electron chi connectivity index (χ1n) is 8.69. The molecule has 0 aliphatic carbocycles. The van der Waals surface area contributed by atoms with Crippen molar-refractivity contribution in [3.63, 3.8) is 0 Å². The minimum absolute atomic E-state index is 0.885. The second-order valence-electron chi connectivity index (χ2n) is 6.51. The predicted molar refractivity (Wildman–Crippen MR) is 110 cm³/mol. The van der Waals surface area contributed by atoms with Gasteiger partial charge < -0.3 is 9.47 Å². The fourth-order valence-electron chi connectivity index (χ4n) is 4.06. The van der Waals surface area contributed by atoms with E-state index in [4.69, 9.17) is 9.47 Å². The van der Waals surface area contributed by atoms with E-state index in [-0.39, 0.29) is 0 Å². The number of ether oxygens (including phenoxy) is 2. The molecule has 0 aliphatic heterocycles. The number of rotatable bonds is 2. The highest BCUT2D eigenvalue weighted by Gasteiger charge is 2.15. The molecule has 0 unspecified atom stereocenters. The lowest BCUT2D eigenvalue weighted by atomic mass is 9.92. The van der Waals surface area contributed by atoms with Gasteiger partial charge in [0.1, 0.15) is 11.5 Å². The van der Waals surface area contributed by atoms with Crippen LogP contribution in [0.3, 0.4) is 0 Å². The topological polar surface area (TPSA) is 18.5 Å². The van der Waals surface area contributed by atoms with Crippen molar-refractivity contribution in [2.24, 2.45) is 0 Å². The Balaban J connectivity index is 2.19. The largest absolute Gasteiger partial charge is 0.496 e. The molecule has 0 amide bonds. The van der Waals surface area contributed by atoms with Crippen LogP contribution in [0.15, 0.2) is 72.8 Å². The van der Waals surface area contributed by atoms with Gasteiger partial charge in [-0.3, -0.25) is 0 Å². The van der Waals surface area contributed by atoms with E-state index in [1.807, 2.05) is 12.1 Å². The van der Waals surface area contributed by atoms with Crippen LogP contribution in [0.25, 0.3) is 43.1 Å². The van der Waals surface area contributed by atoms with E-state index < -0.39 is 0 Å². The summed E-state index contributed by atoms with van der Waals surface area (Å²) < 4.78 is 11.5. The second-order valence-corrected chi connectivity index (χ2v) is 6.51. The van der Waals surface area contributed by atoms with Crippen molar-refractivity contribution in [3.8, 4) is 11.5 Å². The van der Waals surface area contributed by atoms with E-state index in [2.05, 4.69) is 60.7 Å². The molecule has 0 saturated carbocycles. The van der Waals surface area contributed by atoms with Gasteiger partial charge in [-0.2, -0.15) is 0 Å². The molecule has 0 N–H and O–H groups in total. The quantitative estimate of drug-likeness (QED) is 0.351. The molecule has 0 aliphatic rings. The molecule has 0 fully saturated rings. The zero-order valence-corrected chi connectivity index (χ0v) is 14.7. The zero-order valence-electron chi connectivity index (χ0n) is 14.7. The van der Waals surface area contributed by atoms with E-state index in [0.717, 1.165) is 27.7 Å². The smallest absolute Gasteiger partial charge is 0.127 e. The van der Waals surface area contributed by atoms with Crippen molar-refractivity contribution < 1.29 is 9.47 Å². The first kappa shape index (κ1) is 15.0. The van der Waals surface area contributed by atoms with Crippen LogP contribution in [-0.4, -0.2) is 14.2 Å². The molecule has 0 spiro atoms. The molecule has 5 aromatic carbocycles. The van der Waals surface area contributed by atoms with Crippen LogP contribution in [-0.2, 0) is 0 Å². The van der Waals surface area contributed by atoms with Crippen molar-refractivity contribution in [3.05, 3.63) is 72.8 Å². The van der Waals surface area contributed by atoms with Crippen molar-refractivity contribution in [1.82, 2.24) is 0 Å². The molecular weight excluding hydrogens is 320 g/mol. The van der Waals surface area contributed by atoms with Crippen LogP contribution < -0.4 is 9.47 Å². The van der Waals surface area contributed by atoms with Gasteiger partial charge in [0.15, 0.2) is 0 Å². The third kappa shape index (κ3) is 1.99. The van der Waals surface area contributed by atoms with Crippen LogP contribution in [0, 0.1) is 0 Å². The number of fused-ring (bicyclic) bond motifs is 7. The van der Waals surface area contributed by atoms with Gasteiger partial charge in [-0.25, -0.2) is 0 Å². The Hall–Kier alpha value is -3.26.